The highest BCUT2D eigenvalue weighted by Crippen LogP contribution is 2.32. The summed E-state index contributed by atoms with van der Waals surface area (Å²) in [6.45, 7) is 5.63. The van der Waals surface area contributed by atoms with E-state index in [0.717, 1.165) is 5.56 Å². The number of rotatable bonds is 7. The van der Waals surface area contributed by atoms with Gasteiger partial charge in [0.25, 0.3) is 0 Å². The maximum Gasteiger partial charge on any atom is 0.311 e. The Hall–Kier alpha value is -1.38. The van der Waals surface area contributed by atoms with Crippen molar-refractivity contribution in [1.29, 1.82) is 0 Å². The van der Waals surface area contributed by atoms with Gasteiger partial charge in [0.05, 0.1) is 15.5 Å². The van der Waals surface area contributed by atoms with Gasteiger partial charge < -0.3 is 26.2 Å². The number of carbonyl (C=O) groups excluding carboxylic acids is 2. The van der Waals surface area contributed by atoms with Gasteiger partial charge in [-0.25, -0.2) is 0 Å². The van der Waals surface area contributed by atoms with Gasteiger partial charge in [-0.05, 0) is 44.9 Å². The zero-order chi connectivity index (χ0) is 22.5. The first-order valence-corrected chi connectivity index (χ1v) is 10.8. The Balaban J connectivity index is 1.80. The lowest BCUT2D eigenvalue weighted by Gasteiger charge is -2.35. The van der Waals surface area contributed by atoms with E-state index in [-0.39, 0.29) is 43.5 Å². The quantitative estimate of drug-likeness (QED) is 0.464. The fourth-order valence-corrected chi connectivity index (χ4v) is 3.57. The van der Waals surface area contributed by atoms with E-state index in [1.807, 2.05) is 12.1 Å². The standard InChI is InChI=1S/C21H31Cl2N3O4/c1-21(2,3)20(29)30-11-14(27)9-26-19(28)8-13-7-15(18(24)10-25-13)12-4-5-16(22)17(23)6-12/h4-6,13-15,18,25,27H,7-11,24H2,1-3H3,(H,26,28)/t13?,14?,15-,18+/m0/s1. The molecule has 7 nitrogen and oxygen atoms in total. The summed E-state index contributed by atoms with van der Waals surface area (Å²) in [4.78, 5) is 24.0. The molecule has 9 heteroatoms. The van der Waals surface area contributed by atoms with E-state index >= 15 is 0 Å². The molecular weight excluding hydrogens is 429 g/mol. The van der Waals surface area contributed by atoms with Crippen molar-refractivity contribution in [3.63, 3.8) is 0 Å². The minimum absolute atomic E-state index is 0.0126. The van der Waals surface area contributed by atoms with Crippen LogP contribution in [0.5, 0.6) is 0 Å². The molecule has 0 radical (unpaired) electrons. The van der Waals surface area contributed by atoms with Gasteiger partial charge in [-0.2, -0.15) is 0 Å². The molecule has 4 atom stereocenters. The molecule has 1 aromatic rings. The Morgan fingerprint density at radius 1 is 1.33 bits per heavy atom. The lowest BCUT2D eigenvalue weighted by atomic mass is 9.82. The number of nitrogens with two attached hydrogens (primary N) is 1. The summed E-state index contributed by atoms with van der Waals surface area (Å²) in [6, 6.07) is 5.34. The lowest BCUT2D eigenvalue weighted by Crippen LogP contribution is -2.51. The third kappa shape index (κ3) is 7.39. The first-order valence-electron chi connectivity index (χ1n) is 10.0. The summed E-state index contributed by atoms with van der Waals surface area (Å²) >= 11 is 12.1. The number of hydrogen-bond acceptors (Lipinski definition) is 6. The number of hydrogen-bond donors (Lipinski definition) is 4. The van der Waals surface area contributed by atoms with Gasteiger partial charge in [0.15, 0.2) is 0 Å². The molecule has 0 spiro atoms. The molecule has 2 unspecified atom stereocenters. The maximum absolute atomic E-state index is 12.3. The Bertz CT molecular complexity index is 754. The van der Waals surface area contributed by atoms with E-state index in [4.69, 9.17) is 33.7 Å². The summed E-state index contributed by atoms with van der Waals surface area (Å²) in [5, 5.41) is 16.9. The van der Waals surface area contributed by atoms with E-state index in [1.165, 1.54) is 0 Å². The minimum atomic E-state index is -0.961. The molecule has 1 fully saturated rings. The highest BCUT2D eigenvalue weighted by atomic mass is 35.5. The van der Waals surface area contributed by atoms with Crippen LogP contribution in [0.2, 0.25) is 10.0 Å². The van der Waals surface area contributed by atoms with Crippen molar-refractivity contribution in [2.24, 2.45) is 11.1 Å². The predicted molar refractivity (Wildman–Crippen MR) is 118 cm³/mol. The third-order valence-electron chi connectivity index (χ3n) is 5.06. The van der Waals surface area contributed by atoms with E-state index in [0.29, 0.717) is 23.0 Å². The third-order valence-corrected chi connectivity index (χ3v) is 5.79. The van der Waals surface area contributed by atoms with Crippen molar-refractivity contribution in [2.75, 3.05) is 19.7 Å². The maximum atomic E-state index is 12.3. The summed E-state index contributed by atoms with van der Waals surface area (Å²) < 4.78 is 5.06. The lowest BCUT2D eigenvalue weighted by molar-refractivity contribution is -0.155. The Kier molecular flexibility index (Phi) is 8.94. The van der Waals surface area contributed by atoms with E-state index in [2.05, 4.69) is 10.6 Å². The van der Waals surface area contributed by atoms with Gasteiger partial charge in [-0.15, -0.1) is 0 Å². The summed E-state index contributed by atoms with van der Waals surface area (Å²) in [6.07, 6.45) is -0.0332. The van der Waals surface area contributed by atoms with Crippen molar-refractivity contribution < 1.29 is 19.4 Å². The summed E-state index contributed by atoms with van der Waals surface area (Å²) in [5.74, 6) is -0.540. The number of nitrogens with one attached hydrogen (secondary N) is 2. The van der Waals surface area contributed by atoms with E-state index in [1.54, 1.807) is 26.8 Å². The van der Waals surface area contributed by atoms with Crippen molar-refractivity contribution in [3.05, 3.63) is 33.8 Å². The number of esters is 1. The fraction of sp³-hybridized carbons (Fsp3) is 0.619. The zero-order valence-corrected chi connectivity index (χ0v) is 19.1. The monoisotopic (exact) mass is 459 g/mol. The minimum Gasteiger partial charge on any atom is -0.462 e. The smallest absolute Gasteiger partial charge is 0.311 e. The average molecular weight is 460 g/mol. The molecule has 5 N–H and O–H groups in total. The first kappa shape index (κ1) is 24.9. The van der Waals surface area contributed by atoms with Gasteiger partial charge in [-0.3, -0.25) is 9.59 Å². The highest BCUT2D eigenvalue weighted by molar-refractivity contribution is 6.42. The zero-order valence-electron chi connectivity index (χ0n) is 17.6. The Morgan fingerprint density at radius 3 is 2.67 bits per heavy atom. The van der Waals surface area contributed by atoms with Gasteiger partial charge in [0, 0.05) is 37.5 Å². The molecule has 0 aliphatic carbocycles. The molecule has 1 aliphatic heterocycles. The van der Waals surface area contributed by atoms with Crippen LogP contribution >= 0.6 is 23.2 Å². The van der Waals surface area contributed by atoms with Crippen molar-refractivity contribution in [3.8, 4) is 0 Å². The number of aliphatic hydroxyl groups is 1. The van der Waals surface area contributed by atoms with Crippen molar-refractivity contribution in [1.82, 2.24) is 10.6 Å². The molecule has 168 valence electrons. The first-order chi connectivity index (χ1) is 14.0. The second kappa shape index (κ2) is 10.8. The molecule has 1 aromatic carbocycles. The van der Waals surface area contributed by atoms with E-state index in [9.17, 15) is 14.7 Å². The summed E-state index contributed by atoms with van der Waals surface area (Å²) in [7, 11) is 0. The number of benzene rings is 1. The SMILES string of the molecule is CC(C)(C)C(=O)OCC(O)CNC(=O)CC1C[C@@H](c2ccc(Cl)c(Cl)c2)[C@H](N)CN1. The van der Waals surface area contributed by atoms with Crippen LogP contribution in [0.3, 0.4) is 0 Å². The second-order valence-corrected chi connectivity index (χ2v) is 9.61. The van der Waals surface area contributed by atoms with E-state index < -0.39 is 17.5 Å². The van der Waals surface area contributed by atoms with Gasteiger partial charge in [0.1, 0.15) is 12.7 Å². The number of halogens is 2. The number of amides is 1. The molecule has 1 saturated heterocycles. The Morgan fingerprint density at radius 2 is 2.03 bits per heavy atom. The molecule has 0 saturated carbocycles. The fourth-order valence-electron chi connectivity index (χ4n) is 3.27. The van der Waals surface area contributed by atoms with Gasteiger partial charge in [-0.1, -0.05) is 29.3 Å². The number of ether oxygens (including phenoxy) is 1. The number of piperidine rings is 1. The van der Waals surface area contributed by atoms with Gasteiger partial charge >= 0.3 is 5.97 Å². The highest BCUT2D eigenvalue weighted by Gasteiger charge is 2.30. The van der Waals surface area contributed by atoms with Crippen LogP contribution in [0.1, 0.15) is 45.1 Å². The molecule has 1 amide bonds. The van der Waals surface area contributed by atoms with Crippen LogP contribution in [0.4, 0.5) is 0 Å². The molecular formula is C21H31Cl2N3O4. The van der Waals surface area contributed by atoms with Gasteiger partial charge in [0.2, 0.25) is 5.91 Å². The predicted octanol–water partition coefficient (Wildman–Crippen LogP) is 2.22. The van der Waals surface area contributed by atoms with Crippen LogP contribution in [-0.2, 0) is 14.3 Å². The van der Waals surface area contributed by atoms with Crippen LogP contribution in [0, 0.1) is 5.41 Å². The Labute approximate surface area is 187 Å². The number of aliphatic hydroxyl groups excluding tert-OH is 1. The molecule has 2 rings (SSSR count). The summed E-state index contributed by atoms with van der Waals surface area (Å²) in [5.41, 5.74) is 6.63. The molecule has 30 heavy (non-hydrogen) atoms. The van der Waals surface area contributed by atoms with Crippen LogP contribution in [0.25, 0.3) is 0 Å². The van der Waals surface area contributed by atoms with Crippen LogP contribution < -0.4 is 16.4 Å². The largest absolute Gasteiger partial charge is 0.462 e. The molecule has 1 heterocycles. The van der Waals surface area contributed by atoms with Crippen molar-refractivity contribution in [2.45, 2.75) is 57.7 Å². The molecule has 0 aromatic heterocycles. The average Bonchev–Trinajstić information content (AvgIpc) is 2.67. The normalized spacial score (nSPS) is 23.0. The van der Waals surface area contributed by atoms with Crippen molar-refractivity contribution >= 4 is 35.1 Å². The topological polar surface area (TPSA) is 114 Å². The van der Waals surface area contributed by atoms with Crippen LogP contribution in [0.15, 0.2) is 18.2 Å². The number of carbonyl (C=O) groups is 2. The second-order valence-electron chi connectivity index (χ2n) is 8.80. The molecule has 1 aliphatic rings. The molecule has 0 bridgehead atoms. The van der Waals surface area contributed by atoms with Crippen LogP contribution in [-0.4, -0.2) is 54.9 Å².